The third kappa shape index (κ3) is 3.88. The molecule has 2 aromatic rings. The largest absolute Gasteiger partial charge is 0.353 e. The molecule has 0 radical (unpaired) electrons. The van der Waals surface area contributed by atoms with E-state index in [0.29, 0.717) is 23.8 Å². The maximum absolute atomic E-state index is 12.1. The number of amides is 1. The van der Waals surface area contributed by atoms with Gasteiger partial charge in [-0.05, 0) is 32.0 Å². The van der Waals surface area contributed by atoms with Gasteiger partial charge in [0.2, 0.25) is 5.91 Å². The normalized spacial score (nSPS) is 15.0. The number of benzene rings is 1. The van der Waals surface area contributed by atoms with Gasteiger partial charge in [0, 0.05) is 24.6 Å². The second-order valence-corrected chi connectivity index (χ2v) is 6.56. The Kier molecular flexibility index (Phi) is 4.91. The number of H-pyrrole nitrogens is 1. The summed E-state index contributed by atoms with van der Waals surface area (Å²) < 4.78 is 2.45. The second-order valence-electron chi connectivity index (χ2n) is 6.17. The number of hydrogen-bond donors (Lipinski definition) is 2. The van der Waals surface area contributed by atoms with E-state index >= 15 is 0 Å². The first-order valence-electron chi connectivity index (χ1n) is 8.15. The number of rotatable bonds is 5. The Bertz CT molecular complexity index is 726. The first-order chi connectivity index (χ1) is 11.1. The van der Waals surface area contributed by atoms with Crippen molar-refractivity contribution in [3.8, 4) is 11.4 Å². The molecule has 1 fully saturated rings. The highest BCUT2D eigenvalue weighted by Crippen LogP contribution is 2.19. The number of carbonyl (C=O) groups excluding carboxylic acids is 1. The molecule has 1 aliphatic carbocycles. The van der Waals surface area contributed by atoms with Crippen LogP contribution in [-0.4, -0.2) is 26.7 Å². The van der Waals surface area contributed by atoms with Crippen LogP contribution >= 0.6 is 12.2 Å². The van der Waals surface area contributed by atoms with Gasteiger partial charge in [-0.2, -0.15) is 5.10 Å². The molecule has 1 amide bonds. The van der Waals surface area contributed by atoms with E-state index in [9.17, 15) is 4.79 Å². The lowest BCUT2D eigenvalue weighted by Gasteiger charge is -2.12. The number of nitrogens with zero attached hydrogens (tertiary/aromatic N) is 2. The Morgan fingerprint density at radius 1 is 1.35 bits per heavy atom. The van der Waals surface area contributed by atoms with E-state index < -0.39 is 0 Å². The monoisotopic (exact) mass is 330 g/mol. The summed E-state index contributed by atoms with van der Waals surface area (Å²) in [5, 5.41) is 10.3. The van der Waals surface area contributed by atoms with Crippen LogP contribution in [0.4, 0.5) is 0 Å². The highest BCUT2D eigenvalue weighted by Gasteiger charge is 2.17. The van der Waals surface area contributed by atoms with Crippen LogP contribution in [-0.2, 0) is 11.3 Å². The molecular weight excluding hydrogens is 308 g/mol. The summed E-state index contributed by atoms with van der Waals surface area (Å²) in [5.41, 5.74) is 2.20. The van der Waals surface area contributed by atoms with Crippen LogP contribution in [0.3, 0.4) is 0 Å². The van der Waals surface area contributed by atoms with Crippen LogP contribution in [0.1, 0.15) is 37.7 Å². The van der Waals surface area contributed by atoms with Crippen LogP contribution in [0.15, 0.2) is 24.3 Å². The Morgan fingerprint density at radius 2 is 2.04 bits per heavy atom. The van der Waals surface area contributed by atoms with E-state index in [0.717, 1.165) is 24.2 Å². The average Bonchev–Trinajstić information content (AvgIpc) is 3.16. The highest BCUT2D eigenvalue weighted by atomic mass is 32.1. The molecule has 3 rings (SSSR count). The van der Waals surface area contributed by atoms with Crippen molar-refractivity contribution < 1.29 is 4.79 Å². The summed E-state index contributed by atoms with van der Waals surface area (Å²) in [5.74, 6) is 0.874. The summed E-state index contributed by atoms with van der Waals surface area (Å²) >= 11 is 5.31. The highest BCUT2D eigenvalue weighted by molar-refractivity contribution is 7.71. The van der Waals surface area contributed by atoms with Crippen LogP contribution in [0.25, 0.3) is 11.4 Å². The minimum Gasteiger partial charge on any atom is -0.353 e. The van der Waals surface area contributed by atoms with E-state index in [1.54, 1.807) is 0 Å². The van der Waals surface area contributed by atoms with Gasteiger partial charge in [0.15, 0.2) is 10.6 Å². The number of hydrogen-bond acceptors (Lipinski definition) is 3. The average molecular weight is 330 g/mol. The van der Waals surface area contributed by atoms with Gasteiger partial charge >= 0.3 is 0 Å². The van der Waals surface area contributed by atoms with E-state index in [1.165, 1.54) is 18.4 Å². The van der Waals surface area contributed by atoms with Crippen molar-refractivity contribution in [2.75, 3.05) is 0 Å². The van der Waals surface area contributed by atoms with E-state index in [2.05, 4.69) is 15.5 Å². The topological polar surface area (TPSA) is 62.7 Å². The molecule has 6 heteroatoms. The third-order valence-electron chi connectivity index (χ3n) is 4.35. The van der Waals surface area contributed by atoms with E-state index in [1.807, 2.05) is 35.8 Å². The molecule has 0 unspecified atom stereocenters. The molecular formula is C17H22N4OS. The quantitative estimate of drug-likeness (QED) is 0.826. The number of nitrogens with one attached hydrogen (secondary N) is 2. The van der Waals surface area contributed by atoms with Crippen LogP contribution < -0.4 is 5.32 Å². The van der Waals surface area contributed by atoms with Crippen molar-refractivity contribution in [1.82, 2.24) is 20.1 Å². The van der Waals surface area contributed by atoms with Gasteiger partial charge in [-0.3, -0.25) is 14.5 Å². The molecule has 5 nitrogen and oxygen atoms in total. The molecule has 1 saturated carbocycles. The third-order valence-corrected chi connectivity index (χ3v) is 4.66. The van der Waals surface area contributed by atoms with Crippen molar-refractivity contribution in [3.63, 3.8) is 0 Å². The zero-order valence-electron chi connectivity index (χ0n) is 13.3. The van der Waals surface area contributed by atoms with Gasteiger partial charge in [-0.15, -0.1) is 0 Å². The number of aromatic nitrogens is 3. The van der Waals surface area contributed by atoms with Crippen molar-refractivity contribution in [3.05, 3.63) is 34.6 Å². The van der Waals surface area contributed by atoms with Crippen molar-refractivity contribution in [1.29, 1.82) is 0 Å². The second kappa shape index (κ2) is 7.08. The standard InChI is InChI=1S/C17H22N4OS/c1-12-6-8-13(9-7-12)16-19-20-17(23)21(16)11-10-15(22)18-14-4-2-3-5-14/h6-9,14H,2-5,10-11H2,1H3,(H,18,22)(H,20,23). The van der Waals surface area contributed by atoms with Crippen LogP contribution in [0.2, 0.25) is 0 Å². The fraction of sp³-hybridized carbons (Fsp3) is 0.471. The van der Waals surface area contributed by atoms with Gasteiger partial charge in [0.25, 0.3) is 0 Å². The number of aryl methyl sites for hydroxylation is 1. The molecule has 0 bridgehead atoms. The van der Waals surface area contributed by atoms with Gasteiger partial charge in [0.1, 0.15) is 0 Å². The van der Waals surface area contributed by atoms with E-state index in [-0.39, 0.29) is 5.91 Å². The number of aromatic amines is 1. The van der Waals surface area contributed by atoms with Gasteiger partial charge in [-0.1, -0.05) is 42.7 Å². The smallest absolute Gasteiger partial charge is 0.222 e. The summed E-state index contributed by atoms with van der Waals surface area (Å²) in [7, 11) is 0. The molecule has 122 valence electrons. The number of carbonyl (C=O) groups is 1. The van der Waals surface area contributed by atoms with Gasteiger partial charge in [0.05, 0.1) is 0 Å². The Labute approximate surface area is 141 Å². The zero-order chi connectivity index (χ0) is 16.2. The van der Waals surface area contributed by atoms with Gasteiger partial charge in [-0.25, -0.2) is 0 Å². The summed E-state index contributed by atoms with van der Waals surface area (Å²) in [4.78, 5) is 12.1. The molecule has 0 saturated heterocycles. The molecule has 0 atom stereocenters. The minimum absolute atomic E-state index is 0.0925. The molecule has 23 heavy (non-hydrogen) atoms. The lowest BCUT2D eigenvalue weighted by molar-refractivity contribution is -0.121. The summed E-state index contributed by atoms with van der Waals surface area (Å²) in [6, 6.07) is 8.50. The lowest BCUT2D eigenvalue weighted by Crippen LogP contribution is -2.33. The van der Waals surface area contributed by atoms with Gasteiger partial charge < -0.3 is 5.32 Å². The Balaban J connectivity index is 1.68. The molecule has 1 aromatic heterocycles. The molecule has 0 spiro atoms. The Hall–Kier alpha value is -1.95. The first kappa shape index (κ1) is 15.9. The van der Waals surface area contributed by atoms with E-state index in [4.69, 9.17) is 12.2 Å². The SMILES string of the molecule is Cc1ccc(-c2n[nH]c(=S)n2CCC(=O)NC2CCCC2)cc1. The lowest BCUT2D eigenvalue weighted by atomic mass is 10.1. The predicted octanol–water partition coefficient (Wildman–Crippen LogP) is 3.37. The minimum atomic E-state index is 0.0925. The molecule has 1 aliphatic rings. The fourth-order valence-electron chi connectivity index (χ4n) is 3.03. The summed E-state index contributed by atoms with van der Waals surface area (Å²) in [6.45, 7) is 2.59. The molecule has 1 aromatic carbocycles. The predicted molar refractivity (Wildman–Crippen MR) is 92.6 cm³/mol. The fourth-order valence-corrected chi connectivity index (χ4v) is 3.25. The Morgan fingerprint density at radius 3 is 2.74 bits per heavy atom. The first-order valence-corrected chi connectivity index (χ1v) is 8.56. The maximum atomic E-state index is 12.1. The maximum Gasteiger partial charge on any atom is 0.222 e. The molecule has 0 aliphatic heterocycles. The van der Waals surface area contributed by atoms with Crippen LogP contribution in [0, 0.1) is 11.7 Å². The molecule has 2 N–H and O–H groups in total. The molecule has 1 heterocycles. The van der Waals surface area contributed by atoms with Crippen molar-refractivity contribution in [2.45, 2.75) is 51.6 Å². The summed E-state index contributed by atoms with van der Waals surface area (Å²) in [6.07, 6.45) is 5.06. The van der Waals surface area contributed by atoms with Crippen molar-refractivity contribution >= 4 is 18.1 Å². The van der Waals surface area contributed by atoms with Crippen molar-refractivity contribution in [2.24, 2.45) is 0 Å². The van der Waals surface area contributed by atoms with Crippen LogP contribution in [0.5, 0.6) is 0 Å². The zero-order valence-corrected chi connectivity index (χ0v) is 14.2.